The summed E-state index contributed by atoms with van der Waals surface area (Å²) in [6.45, 7) is 0. The van der Waals surface area contributed by atoms with E-state index in [0.29, 0.717) is 21.1 Å². The fourth-order valence-corrected chi connectivity index (χ4v) is 4.48. The molecular weight excluding hydrogens is 406 g/mol. The highest BCUT2D eigenvalue weighted by Gasteiger charge is 2.20. The number of sulfonamides is 1. The van der Waals surface area contributed by atoms with Gasteiger partial charge < -0.3 is 9.67 Å². The molecule has 0 bridgehead atoms. The van der Waals surface area contributed by atoms with Gasteiger partial charge in [-0.3, -0.25) is 0 Å². The SMILES string of the molecule is CN(C)S(=O)(=O)c1ccc(Cl)c(-c2cs/c(=N/c3ccc(O)cc3)n2C)c1. The first kappa shape index (κ1) is 19.6. The molecule has 1 aromatic heterocycles. The number of phenolic OH excluding ortho intramolecular Hbond substituents is 1. The predicted molar refractivity (Wildman–Crippen MR) is 108 cm³/mol. The number of halogens is 1. The Hall–Kier alpha value is -2.13. The van der Waals surface area contributed by atoms with E-state index in [1.54, 1.807) is 36.4 Å². The topological polar surface area (TPSA) is 74.9 Å². The maximum atomic E-state index is 12.4. The van der Waals surface area contributed by atoms with E-state index in [4.69, 9.17) is 11.6 Å². The molecule has 9 heteroatoms. The molecule has 0 saturated carbocycles. The highest BCUT2D eigenvalue weighted by atomic mass is 35.5. The van der Waals surface area contributed by atoms with E-state index >= 15 is 0 Å². The van der Waals surface area contributed by atoms with Crippen LogP contribution in [-0.2, 0) is 17.1 Å². The van der Waals surface area contributed by atoms with Gasteiger partial charge in [0.2, 0.25) is 10.0 Å². The summed E-state index contributed by atoms with van der Waals surface area (Å²) in [6, 6.07) is 11.2. The first-order chi connectivity index (χ1) is 12.7. The normalized spacial score (nSPS) is 12.7. The molecule has 1 heterocycles. The van der Waals surface area contributed by atoms with Crippen LogP contribution in [0.4, 0.5) is 5.69 Å². The third-order valence-corrected chi connectivity index (χ3v) is 7.05. The molecule has 0 spiro atoms. The second-order valence-corrected chi connectivity index (χ2v) is 9.42. The Kier molecular flexibility index (Phi) is 5.43. The third kappa shape index (κ3) is 3.93. The Morgan fingerprint density at radius 3 is 2.44 bits per heavy atom. The largest absolute Gasteiger partial charge is 0.508 e. The minimum absolute atomic E-state index is 0.176. The molecule has 0 aliphatic carbocycles. The average molecular weight is 424 g/mol. The minimum Gasteiger partial charge on any atom is -0.508 e. The Morgan fingerprint density at radius 1 is 1.15 bits per heavy atom. The molecule has 0 amide bonds. The number of hydrogen-bond acceptors (Lipinski definition) is 5. The van der Waals surface area contributed by atoms with Crippen LogP contribution >= 0.6 is 22.9 Å². The number of hydrogen-bond donors (Lipinski definition) is 1. The predicted octanol–water partition coefficient (Wildman–Crippen LogP) is 3.60. The van der Waals surface area contributed by atoms with Gasteiger partial charge in [-0.1, -0.05) is 11.6 Å². The van der Waals surface area contributed by atoms with Crippen molar-refractivity contribution in [2.45, 2.75) is 4.90 Å². The highest BCUT2D eigenvalue weighted by molar-refractivity contribution is 7.89. The van der Waals surface area contributed by atoms with Crippen molar-refractivity contribution >= 4 is 38.6 Å². The lowest BCUT2D eigenvalue weighted by Crippen LogP contribution is -2.22. The summed E-state index contributed by atoms with van der Waals surface area (Å²) in [5, 5.41) is 11.7. The van der Waals surface area contributed by atoms with E-state index in [0.717, 1.165) is 5.69 Å². The van der Waals surface area contributed by atoms with Gasteiger partial charge >= 0.3 is 0 Å². The fraction of sp³-hybridized carbons (Fsp3) is 0.167. The van der Waals surface area contributed by atoms with Crippen molar-refractivity contribution in [2.75, 3.05) is 14.1 Å². The molecule has 1 N–H and O–H groups in total. The molecular formula is C18H18ClN3O3S2. The summed E-state index contributed by atoms with van der Waals surface area (Å²) >= 11 is 7.76. The van der Waals surface area contributed by atoms with Gasteiger partial charge in [-0.05, 0) is 42.5 Å². The number of nitrogens with zero attached hydrogens (tertiary/aromatic N) is 3. The van der Waals surface area contributed by atoms with E-state index in [1.807, 2.05) is 17.0 Å². The summed E-state index contributed by atoms with van der Waals surface area (Å²) in [5.74, 6) is 0.177. The fourth-order valence-electron chi connectivity index (χ4n) is 2.42. The first-order valence-corrected chi connectivity index (χ1v) is 10.6. The number of benzene rings is 2. The molecule has 142 valence electrons. The molecule has 3 aromatic rings. The van der Waals surface area contributed by atoms with Crippen LogP contribution in [0.15, 0.2) is 57.7 Å². The van der Waals surface area contributed by atoms with Crippen LogP contribution in [0.3, 0.4) is 0 Å². The van der Waals surface area contributed by atoms with Gasteiger partial charge in [-0.15, -0.1) is 11.3 Å². The number of aromatic hydroxyl groups is 1. The smallest absolute Gasteiger partial charge is 0.242 e. The van der Waals surface area contributed by atoms with Crippen molar-refractivity contribution in [1.29, 1.82) is 0 Å². The van der Waals surface area contributed by atoms with Crippen LogP contribution < -0.4 is 4.80 Å². The standard InChI is InChI=1S/C18H18ClN3O3S2/c1-21(2)27(24,25)14-8-9-16(19)15(10-14)17-11-26-18(22(17)3)20-12-4-6-13(23)7-5-12/h4-11,23H,1-3H3/b20-18+. The molecule has 3 rings (SSSR count). The summed E-state index contributed by atoms with van der Waals surface area (Å²) in [5.41, 5.74) is 2.08. The summed E-state index contributed by atoms with van der Waals surface area (Å²) < 4.78 is 27.9. The number of thiazole rings is 1. The molecule has 27 heavy (non-hydrogen) atoms. The van der Waals surface area contributed by atoms with Crippen molar-refractivity contribution in [3.63, 3.8) is 0 Å². The zero-order chi connectivity index (χ0) is 19.8. The van der Waals surface area contributed by atoms with Gasteiger partial charge in [0.15, 0.2) is 4.80 Å². The van der Waals surface area contributed by atoms with Crippen molar-refractivity contribution in [2.24, 2.45) is 12.0 Å². The van der Waals surface area contributed by atoms with Crippen LogP contribution in [0.5, 0.6) is 5.75 Å². The van der Waals surface area contributed by atoms with E-state index < -0.39 is 10.0 Å². The summed E-state index contributed by atoms with van der Waals surface area (Å²) in [4.78, 5) is 5.45. The number of aromatic nitrogens is 1. The number of phenols is 1. The van der Waals surface area contributed by atoms with Crippen molar-refractivity contribution in [3.8, 4) is 17.0 Å². The Balaban J connectivity index is 2.11. The summed E-state index contributed by atoms with van der Waals surface area (Å²) in [7, 11) is 1.26. The van der Waals surface area contributed by atoms with Crippen LogP contribution in [0.2, 0.25) is 5.02 Å². The monoisotopic (exact) mass is 423 g/mol. The van der Waals surface area contributed by atoms with E-state index in [9.17, 15) is 13.5 Å². The zero-order valence-corrected chi connectivity index (χ0v) is 17.3. The molecule has 0 aliphatic heterocycles. The zero-order valence-electron chi connectivity index (χ0n) is 14.9. The minimum atomic E-state index is -3.56. The van der Waals surface area contributed by atoms with Crippen molar-refractivity contribution < 1.29 is 13.5 Å². The highest BCUT2D eigenvalue weighted by Crippen LogP contribution is 2.31. The van der Waals surface area contributed by atoms with E-state index in [1.165, 1.54) is 35.8 Å². The maximum absolute atomic E-state index is 12.4. The van der Waals surface area contributed by atoms with E-state index in [2.05, 4.69) is 4.99 Å². The van der Waals surface area contributed by atoms with E-state index in [-0.39, 0.29) is 10.6 Å². The Labute approximate surface area is 166 Å². The Bertz CT molecular complexity index is 1150. The molecule has 6 nitrogen and oxygen atoms in total. The van der Waals surface area contributed by atoms with Gasteiger partial charge in [-0.25, -0.2) is 17.7 Å². The van der Waals surface area contributed by atoms with Crippen molar-refractivity contribution in [1.82, 2.24) is 8.87 Å². The van der Waals surface area contributed by atoms with Crippen LogP contribution in [0, 0.1) is 0 Å². The van der Waals surface area contributed by atoms with Crippen LogP contribution in [0.25, 0.3) is 11.3 Å². The maximum Gasteiger partial charge on any atom is 0.242 e. The second kappa shape index (κ2) is 7.47. The lowest BCUT2D eigenvalue weighted by atomic mass is 10.2. The van der Waals surface area contributed by atoms with Gasteiger partial charge in [0.1, 0.15) is 5.75 Å². The molecule has 0 atom stereocenters. The van der Waals surface area contributed by atoms with Gasteiger partial charge in [0.05, 0.1) is 16.3 Å². The van der Waals surface area contributed by atoms with Gasteiger partial charge in [0.25, 0.3) is 0 Å². The second-order valence-electron chi connectivity index (χ2n) is 6.02. The lowest BCUT2D eigenvalue weighted by molar-refractivity contribution is 0.475. The van der Waals surface area contributed by atoms with Crippen LogP contribution in [0.1, 0.15) is 0 Å². The molecule has 0 saturated heterocycles. The summed E-state index contributed by atoms with van der Waals surface area (Å²) in [6.07, 6.45) is 0. The molecule has 0 fully saturated rings. The van der Waals surface area contributed by atoms with Gasteiger partial charge in [0, 0.05) is 37.1 Å². The Morgan fingerprint density at radius 2 is 1.81 bits per heavy atom. The average Bonchev–Trinajstić information content (AvgIpc) is 2.97. The quantitative estimate of drug-likeness (QED) is 0.696. The number of rotatable bonds is 4. The molecule has 0 aliphatic rings. The first-order valence-electron chi connectivity index (χ1n) is 7.91. The lowest BCUT2D eigenvalue weighted by Gasteiger charge is -2.13. The van der Waals surface area contributed by atoms with Crippen LogP contribution in [-0.4, -0.2) is 36.5 Å². The third-order valence-electron chi connectivity index (χ3n) is 3.99. The molecule has 0 radical (unpaired) electrons. The van der Waals surface area contributed by atoms with Crippen molar-refractivity contribution in [3.05, 3.63) is 57.7 Å². The molecule has 0 unspecified atom stereocenters. The molecule has 2 aromatic carbocycles. The van der Waals surface area contributed by atoms with Gasteiger partial charge in [-0.2, -0.15) is 0 Å².